The maximum atomic E-state index is 3.58. The maximum absolute atomic E-state index is 3.58. The molecule has 0 aromatic rings. The zero-order valence-corrected chi connectivity index (χ0v) is 8.14. The first-order valence-corrected chi connectivity index (χ1v) is 5.26. The van der Waals surface area contributed by atoms with Crippen LogP contribution in [-0.4, -0.2) is 18.8 Å². The van der Waals surface area contributed by atoms with Crippen LogP contribution in [0.15, 0.2) is 0 Å². The molecule has 70 valence electrons. The third-order valence-electron chi connectivity index (χ3n) is 3.51. The Morgan fingerprint density at radius 3 is 2.75 bits per heavy atom. The number of nitrogens with one attached hydrogen (secondary N) is 2. The maximum Gasteiger partial charge on any atom is 0.0459 e. The highest BCUT2D eigenvalue weighted by molar-refractivity contribution is 4.96. The molecule has 0 amide bonds. The Labute approximate surface area is 75.1 Å². The van der Waals surface area contributed by atoms with Gasteiger partial charge in [0.2, 0.25) is 0 Å². The van der Waals surface area contributed by atoms with E-state index in [1.807, 2.05) is 0 Å². The summed E-state index contributed by atoms with van der Waals surface area (Å²) in [5, 5.41) is 7.11. The van der Waals surface area contributed by atoms with Gasteiger partial charge < -0.3 is 5.32 Å². The van der Waals surface area contributed by atoms with Gasteiger partial charge in [0.15, 0.2) is 0 Å². The Bertz CT molecular complexity index is 156. The lowest BCUT2D eigenvalue weighted by Gasteiger charge is -2.35. The van der Waals surface area contributed by atoms with Crippen LogP contribution in [0.1, 0.15) is 33.1 Å². The lowest BCUT2D eigenvalue weighted by atomic mass is 9.76. The Morgan fingerprint density at radius 2 is 2.00 bits per heavy atom. The smallest absolute Gasteiger partial charge is 0.0459 e. The van der Waals surface area contributed by atoms with Gasteiger partial charge in [0.1, 0.15) is 0 Å². The Morgan fingerprint density at radius 1 is 1.17 bits per heavy atom. The first-order chi connectivity index (χ1) is 5.79. The second-order valence-electron chi connectivity index (χ2n) is 4.56. The third-order valence-corrected chi connectivity index (χ3v) is 3.51. The summed E-state index contributed by atoms with van der Waals surface area (Å²) in [5.41, 5.74) is 0. The van der Waals surface area contributed by atoms with Crippen molar-refractivity contribution in [1.82, 2.24) is 10.6 Å². The topological polar surface area (TPSA) is 24.1 Å². The van der Waals surface area contributed by atoms with Gasteiger partial charge in [-0.25, -0.2) is 0 Å². The minimum absolute atomic E-state index is 0.763. The van der Waals surface area contributed by atoms with Crippen LogP contribution in [0.2, 0.25) is 0 Å². The highest BCUT2D eigenvalue weighted by Crippen LogP contribution is 2.31. The second-order valence-corrected chi connectivity index (χ2v) is 4.56. The van der Waals surface area contributed by atoms with E-state index in [4.69, 9.17) is 0 Å². The van der Waals surface area contributed by atoms with Gasteiger partial charge in [-0.05, 0) is 24.7 Å². The Balaban J connectivity index is 2.03. The lowest BCUT2D eigenvalue weighted by Crippen LogP contribution is -2.45. The second kappa shape index (κ2) is 3.35. The van der Waals surface area contributed by atoms with Crippen molar-refractivity contribution in [2.75, 3.05) is 6.67 Å². The normalized spacial score (nSPS) is 41.8. The molecule has 3 unspecified atom stereocenters. The molecule has 1 saturated carbocycles. The number of fused-ring (bicyclic) bond motifs is 1. The predicted molar refractivity (Wildman–Crippen MR) is 50.9 cm³/mol. The molecule has 0 bridgehead atoms. The zero-order valence-electron chi connectivity index (χ0n) is 8.14. The van der Waals surface area contributed by atoms with E-state index in [0.717, 1.165) is 30.6 Å². The average molecular weight is 168 g/mol. The molecule has 1 aliphatic carbocycles. The van der Waals surface area contributed by atoms with Crippen molar-refractivity contribution in [1.29, 1.82) is 0 Å². The van der Waals surface area contributed by atoms with Crippen molar-refractivity contribution in [2.24, 2.45) is 11.8 Å². The van der Waals surface area contributed by atoms with E-state index < -0.39 is 0 Å². The summed E-state index contributed by atoms with van der Waals surface area (Å²) >= 11 is 0. The van der Waals surface area contributed by atoms with Gasteiger partial charge in [-0.2, -0.15) is 0 Å². The van der Waals surface area contributed by atoms with E-state index in [1.165, 1.54) is 19.3 Å². The molecule has 2 nitrogen and oxygen atoms in total. The fourth-order valence-electron chi connectivity index (χ4n) is 2.81. The number of hydrogen-bond acceptors (Lipinski definition) is 2. The van der Waals surface area contributed by atoms with E-state index >= 15 is 0 Å². The highest BCUT2D eigenvalue weighted by atomic mass is 15.2. The minimum atomic E-state index is 0.763. The molecule has 0 spiro atoms. The van der Waals surface area contributed by atoms with Gasteiger partial charge in [0.05, 0.1) is 0 Å². The van der Waals surface area contributed by atoms with Crippen LogP contribution in [0, 0.1) is 11.8 Å². The van der Waals surface area contributed by atoms with Crippen molar-refractivity contribution in [3.8, 4) is 0 Å². The molecule has 2 heteroatoms. The molecule has 2 N–H and O–H groups in total. The largest absolute Gasteiger partial charge is 0.300 e. The Hall–Kier alpha value is -0.0800. The van der Waals surface area contributed by atoms with Crippen molar-refractivity contribution in [2.45, 2.75) is 45.2 Å². The lowest BCUT2D eigenvalue weighted by molar-refractivity contribution is 0.209. The van der Waals surface area contributed by atoms with E-state index in [-0.39, 0.29) is 0 Å². The first kappa shape index (κ1) is 8.52. The molecule has 0 aromatic carbocycles. The van der Waals surface area contributed by atoms with Crippen molar-refractivity contribution in [3.05, 3.63) is 0 Å². The van der Waals surface area contributed by atoms with Crippen molar-refractivity contribution < 1.29 is 0 Å². The van der Waals surface area contributed by atoms with Gasteiger partial charge >= 0.3 is 0 Å². The SMILES string of the molecule is CC(C)C1CCCC2NCNC21. The van der Waals surface area contributed by atoms with Crippen LogP contribution in [0.25, 0.3) is 0 Å². The molecule has 3 atom stereocenters. The quantitative estimate of drug-likeness (QED) is 0.617. The van der Waals surface area contributed by atoms with Crippen LogP contribution in [0.4, 0.5) is 0 Å². The van der Waals surface area contributed by atoms with E-state index in [1.54, 1.807) is 0 Å². The van der Waals surface area contributed by atoms with E-state index in [2.05, 4.69) is 24.5 Å². The van der Waals surface area contributed by atoms with Crippen molar-refractivity contribution in [3.63, 3.8) is 0 Å². The number of hydrogen-bond donors (Lipinski definition) is 2. The van der Waals surface area contributed by atoms with E-state index in [9.17, 15) is 0 Å². The van der Waals surface area contributed by atoms with Crippen molar-refractivity contribution >= 4 is 0 Å². The minimum Gasteiger partial charge on any atom is -0.300 e. The molecule has 2 rings (SSSR count). The summed E-state index contributed by atoms with van der Waals surface area (Å²) in [6, 6.07) is 1.53. The van der Waals surface area contributed by atoms with Gasteiger partial charge in [-0.3, -0.25) is 5.32 Å². The van der Waals surface area contributed by atoms with Crippen LogP contribution in [0.5, 0.6) is 0 Å². The summed E-state index contributed by atoms with van der Waals surface area (Å²) in [6.45, 7) is 5.73. The molecule has 0 aromatic heterocycles. The standard InChI is InChI=1S/C10H20N2/c1-7(2)8-4-3-5-9-10(8)12-6-11-9/h7-12H,3-6H2,1-2H3. The molecule has 1 aliphatic heterocycles. The van der Waals surface area contributed by atoms with Crippen LogP contribution < -0.4 is 10.6 Å². The molecular weight excluding hydrogens is 148 g/mol. The van der Waals surface area contributed by atoms with Crippen LogP contribution >= 0.6 is 0 Å². The zero-order chi connectivity index (χ0) is 8.55. The van der Waals surface area contributed by atoms with E-state index in [0.29, 0.717) is 0 Å². The summed E-state index contributed by atoms with van der Waals surface area (Å²) in [7, 11) is 0. The van der Waals surface area contributed by atoms with Gasteiger partial charge in [-0.15, -0.1) is 0 Å². The molecule has 1 heterocycles. The van der Waals surface area contributed by atoms with Gasteiger partial charge in [-0.1, -0.05) is 20.3 Å². The summed E-state index contributed by atoms with van der Waals surface area (Å²) in [4.78, 5) is 0. The monoisotopic (exact) mass is 168 g/mol. The predicted octanol–water partition coefficient (Wildman–Crippen LogP) is 1.33. The number of rotatable bonds is 1. The fraction of sp³-hybridized carbons (Fsp3) is 1.00. The third kappa shape index (κ3) is 1.38. The van der Waals surface area contributed by atoms with Crippen LogP contribution in [0.3, 0.4) is 0 Å². The van der Waals surface area contributed by atoms with Gasteiger partial charge in [0, 0.05) is 18.8 Å². The van der Waals surface area contributed by atoms with Crippen LogP contribution in [-0.2, 0) is 0 Å². The molecule has 2 fully saturated rings. The average Bonchev–Trinajstić information content (AvgIpc) is 2.49. The summed E-state index contributed by atoms with van der Waals surface area (Å²) in [5.74, 6) is 1.74. The first-order valence-electron chi connectivity index (χ1n) is 5.26. The fourth-order valence-corrected chi connectivity index (χ4v) is 2.81. The Kier molecular flexibility index (Phi) is 2.37. The molecule has 0 radical (unpaired) electrons. The highest BCUT2D eigenvalue weighted by Gasteiger charge is 2.37. The molecule has 1 saturated heterocycles. The summed E-state index contributed by atoms with van der Waals surface area (Å²) in [6.07, 6.45) is 4.22. The molecule has 12 heavy (non-hydrogen) atoms. The van der Waals surface area contributed by atoms with Gasteiger partial charge in [0.25, 0.3) is 0 Å². The summed E-state index contributed by atoms with van der Waals surface area (Å²) < 4.78 is 0. The molecular formula is C10H20N2. The molecule has 2 aliphatic rings.